The van der Waals surface area contributed by atoms with E-state index in [9.17, 15) is 38.9 Å². The van der Waals surface area contributed by atoms with Crippen molar-refractivity contribution in [2.75, 3.05) is 33.0 Å². The van der Waals surface area contributed by atoms with Crippen LogP contribution >= 0.6 is 67.8 Å². The molecule has 3 N–H and O–H groups in total. The molecule has 0 radical (unpaired) electrons. The maximum absolute atomic E-state index is 13.7. The summed E-state index contributed by atoms with van der Waals surface area (Å²) >= 11 is 6.19. The quantitative estimate of drug-likeness (QED) is 0.0997. The molecule has 1 fully saturated rings. The van der Waals surface area contributed by atoms with E-state index in [1.807, 2.05) is 24.0 Å². The highest BCUT2D eigenvalue weighted by Crippen LogP contribution is 2.32. The number of amides is 1. The molecule has 0 bridgehead atoms. The van der Waals surface area contributed by atoms with E-state index in [4.69, 9.17) is 4.74 Å². The van der Waals surface area contributed by atoms with Crippen LogP contribution in [0, 0.1) is 23.6 Å². The summed E-state index contributed by atoms with van der Waals surface area (Å²) < 4.78 is 21.1. The zero-order valence-corrected chi connectivity index (χ0v) is 34.8. The Bertz CT molecular complexity index is 1420. The lowest BCUT2D eigenvalue weighted by Crippen LogP contribution is -2.58. The fraction of sp³-hybridized carbons (Fsp3) is 0.556. The minimum absolute atomic E-state index is 0.0465. The SMILES string of the molecule is CC1CN(C(=O)COc2c(CCC(CI)C(=O)O)cc(CCC(CI)C(=O)O)cc2CCC(CI)C(=O)O)C(C)CN1Cc1ccc(F)cc1. The summed E-state index contributed by atoms with van der Waals surface area (Å²) in [5, 5.41) is 29.1. The van der Waals surface area contributed by atoms with Gasteiger partial charge < -0.3 is 25.0 Å². The number of benzene rings is 2. The summed E-state index contributed by atoms with van der Waals surface area (Å²) in [5.41, 5.74) is 3.32. The van der Waals surface area contributed by atoms with Gasteiger partial charge in [0.05, 0.1) is 17.8 Å². The molecule has 0 aromatic heterocycles. The van der Waals surface area contributed by atoms with Crippen LogP contribution in [0.25, 0.3) is 0 Å². The summed E-state index contributed by atoms with van der Waals surface area (Å²) in [6.45, 7) is 5.54. The predicted octanol–water partition coefficient (Wildman–Crippen LogP) is 6.53. The summed E-state index contributed by atoms with van der Waals surface area (Å²) in [5.74, 6) is -4.36. The topological polar surface area (TPSA) is 145 Å². The van der Waals surface area contributed by atoms with Crippen molar-refractivity contribution in [3.63, 3.8) is 0 Å². The van der Waals surface area contributed by atoms with E-state index in [-0.39, 0.29) is 30.4 Å². The van der Waals surface area contributed by atoms with Crippen molar-refractivity contribution in [3.8, 4) is 5.75 Å². The number of alkyl halides is 3. The van der Waals surface area contributed by atoms with Gasteiger partial charge >= 0.3 is 17.9 Å². The van der Waals surface area contributed by atoms with Crippen LogP contribution < -0.4 is 4.74 Å². The molecule has 1 heterocycles. The first kappa shape index (κ1) is 42.6. The molecule has 1 amide bonds. The Balaban J connectivity index is 1.88. The second-order valence-corrected chi connectivity index (χ2v) is 15.7. The number of aliphatic carboxylic acids is 3. The van der Waals surface area contributed by atoms with Gasteiger partial charge in [0.1, 0.15) is 11.6 Å². The minimum atomic E-state index is -0.896. The van der Waals surface area contributed by atoms with E-state index in [1.165, 1.54) is 12.1 Å². The second kappa shape index (κ2) is 21.0. The van der Waals surface area contributed by atoms with Crippen LogP contribution in [-0.2, 0) is 45.0 Å². The van der Waals surface area contributed by atoms with Gasteiger partial charge in [0, 0.05) is 45.0 Å². The van der Waals surface area contributed by atoms with Gasteiger partial charge in [-0.25, -0.2) is 4.39 Å². The van der Waals surface area contributed by atoms with Crippen molar-refractivity contribution < 1.29 is 43.6 Å². The monoisotopic (exact) mass is 1030 g/mol. The number of carbonyl (C=O) groups excluding carboxylic acids is 1. The molecule has 2 aromatic carbocycles. The van der Waals surface area contributed by atoms with Gasteiger partial charge in [0.2, 0.25) is 0 Å². The van der Waals surface area contributed by atoms with Gasteiger partial charge in [-0.15, -0.1) is 0 Å². The minimum Gasteiger partial charge on any atom is -0.483 e. The van der Waals surface area contributed by atoms with Gasteiger partial charge in [-0.1, -0.05) is 92.0 Å². The van der Waals surface area contributed by atoms with Crippen molar-refractivity contribution in [1.82, 2.24) is 9.80 Å². The predicted molar refractivity (Wildman–Crippen MR) is 214 cm³/mol. The van der Waals surface area contributed by atoms with Crippen molar-refractivity contribution in [1.29, 1.82) is 0 Å². The molecule has 3 rings (SSSR count). The third kappa shape index (κ3) is 12.7. The van der Waals surface area contributed by atoms with E-state index in [2.05, 4.69) is 79.6 Å². The van der Waals surface area contributed by atoms with E-state index in [0.717, 1.165) is 22.3 Å². The maximum atomic E-state index is 13.7. The maximum Gasteiger partial charge on any atom is 0.307 e. The summed E-state index contributed by atoms with van der Waals surface area (Å²) in [6, 6.07) is 10.2. The molecule has 0 aliphatic carbocycles. The number of carbonyl (C=O) groups is 4. The first-order chi connectivity index (χ1) is 23.8. The highest BCUT2D eigenvalue weighted by molar-refractivity contribution is 14.1. The largest absolute Gasteiger partial charge is 0.483 e. The molecule has 2 aromatic rings. The summed E-state index contributed by atoms with van der Waals surface area (Å²) in [7, 11) is 0. The number of hydrogen-bond donors (Lipinski definition) is 3. The Morgan fingerprint density at radius 2 is 1.24 bits per heavy atom. The van der Waals surface area contributed by atoms with Crippen molar-refractivity contribution in [2.24, 2.45) is 17.8 Å². The lowest BCUT2D eigenvalue weighted by Gasteiger charge is -2.44. The number of carboxylic acids is 3. The first-order valence-corrected chi connectivity index (χ1v) is 21.3. The van der Waals surface area contributed by atoms with E-state index < -0.39 is 35.7 Å². The van der Waals surface area contributed by atoms with E-state index >= 15 is 0 Å². The van der Waals surface area contributed by atoms with Gasteiger partial charge in [-0.3, -0.25) is 24.1 Å². The van der Waals surface area contributed by atoms with Gasteiger partial charge in [0.25, 0.3) is 5.91 Å². The fourth-order valence-electron chi connectivity index (χ4n) is 6.14. The standard InChI is InChI=1S/C36H46FI3N2O8/c1-22-19-42(23(2)18-41(22)20-24-4-11-31(37)12-5-24)32(43)21-50-33-26(7-9-29(16-39)35(46)47)13-25(3-6-28(15-38)34(44)45)14-27(33)8-10-30(17-40)36(48)49/h4-5,11-14,22-23,28-30H,3,6-10,15-21H2,1-2H3,(H,44,45)(H,46,47)(H,48,49). The molecule has 5 unspecified atom stereocenters. The van der Waals surface area contributed by atoms with Gasteiger partial charge in [-0.05, 0) is 86.8 Å². The lowest BCUT2D eigenvalue weighted by molar-refractivity contribution is -0.142. The third-order valence-electron chi connectivity index (χ3n) is 9.29. The summed E-state index contributed by atoms with van der Waals surface area (Å²) in [6.07, 6.45) is 2.29. The van der Waals surface area contributed by atoms with Gasteiger partial charge in [0.15, 0.2) is 6.61 Å². The molecule has 50 heavy (non-hydrogen) atoms. The molecule has 276 valence electrons. The Hall–Kier alpha value is -1.80. The van der Waals surface area contributed by atoms with Gasteiger partial charge in [-0.2, -0.15) is 0 Å². The average molecular weight is 1030 g/mol. The van der Waals surface area contributed by atoms with Crippen molar-refractivity contribution in [3.05, 3.63) is 64.5 Å². The van der Waals surface area contributed by atoms with Crippen LogP contribution in [0.3, 0.4) is 0 Å². The van der Waals surface area contributed by atoms with Crippen LogP contribution in [-0.4, -0.2) is 94.0 Å². The second-order valence-electron chi connectivity index (χ2n) is 13.0. The molecular formula is C36H46FI3N2O8. The molecule has 0 saturated carbocycles. The highest BCUT2D eigenvalue weighted by atomic mass is 127. The third-order valence-corrected chi connectivity index (χ3v) is 12.5. The number of piperazine rings is 1. The zero-order chi connectivity index (χ0) is 37.0. The van der Waals surface area contributed by atoms with Crippen LogP contribution in [0.4, 0.5) is 4.39 Å². The zero-order valence-electron chi connectivity index (χ0n) is 28.3. The number of aryl methyl sites for hydroxylation is 3. The normalized spacial score (nSPS) is 18.3. The number of hydrogen-bond acceptors (Lipinski definition) is 6. The number of halogens is 4. The molecule has 10 nitrogen and oxygen atoms in total. The molecular weight excluding hydrogens is 988 g/mol. The van der Waals surface area contributed by atoms with E-state index in [1.54, 1.807) is 12.1 Å². The number of ether oxygens (including phenoxy) is 1. The van der Waals surface area contributed by atoms with Crippen LogP contribution in [0.15, 0.2) is 36.4 Å². The number of rotatable bonds is 20. The molecule has 5 atom stereocenters. The van der Waals surface area contributed by atoms with Crippen molar-refractivity contribution >= 4 is 91.6 Å². The van der Waals surface area contributed by atoms with Crippen molar-refractivity contribution in [2.45, 2.75) is 71.0 Å². The Morgan fingerprint density at radius 3 is 1.70 bits per heavy atom. The first-order valence-electron chi connectivity index (χ1n) is 16.7. The smallest absolute Gasteiger partial charge is 0.307 e. The molecule has 0 spiro atoms. The average Bonchev–Trinajstić information content (AvgIpc) is 3.07. The number of carboxylic acid groups (broad SMARTS) is 3. The Morgan fingerprint density at radius 1 is 0.760 bits per heavy atom. The molecule has 1 aliphatic heterocycles. The van der Waals surface area contributed by atoms with Crippen LogP contribution in [0.5, 0.6) is 5.75 Å². The highest BCUT2D eigenvalue weighted by Gasteiger charge is 2.32. The molecule has 1 aliphatic rings. The summed E-state index contributed by atoms with van der Waals surface area (Å²) in [4.78, 5) is 53.3. The van der Waals surface area contributed by atoms with Crippen LogP contribution in [0.1, 0.15) is 55.4 Å². The fourth-order valence-corrected chi connectivity index (χ4v) is 8.59. The number of nitrogens with zero attached hydrogens (tertiary/aromatic N) is 2. The molecule has 14 heteroatoms. The molecule has 1 saturated heterocycles. The lowest BCUT2D eigenvalue weighted by atomic mass is 9.91. The van der Waals surface area contributed by atoms with E-state index in [0.29, 0.717) is 77.2 Å². The van der Waals surface area contributed by atoms with Crippen LogP contribution in [0.2, 0.25) is 0 Å². The Kier molecular flexibility index (Phi) is 17.9. The Labute approximate surface area is 334 Å².